The van der Waals surface area contributed by atoms with Crippen LogP contribution in [0.15, 0.2) is 67.1 Å². The van der Waals surface area contributed by atoms with Crippen molar-refractivity contribution >= 4 is 12.2 Å². The van der Waals surface area contributed by atoms with E-state index in [0.29, 0.717) is 18.4 Å². The molecule has 35 heavy (non-hydrogen) atoms. The van der Waals surface area contributed by atoms with Gasteiger partial charge in [0.05, 0.1) is 12.3 Å². The molecule has 1 N–H and O–H groups in total. The van der Waals surface area contributed by atoms with Crippen LogP contribution < -0.4 is 5.32 Å². The van der Waals surface area contributed by atoms with E-state index in [9.17, 15) is 9.18 Å². The summed E-state index contributed by atoms with van der Waals surface area (Å²) in [5, 5.41) is 3.04. The molecule has 3 aromatic rings. The molecule has 6 heteroatoms. The Hall–Kier alpha value is -3.54. The highest BCUT2D eigenvalue weighted by atomic mass is 19.1. The number of rotatable bonds is 5. The lowest BCUT2D eigenvalue weighted by atomic mass is 9.62. The number of pyridine rings is 2. The Balaban J connectivity index is 1.34. The van der Waals surface area contributed by atoms with Crippen molar-refractivity contribution in [3.63, 3.8) is 0 Å². The minimum Gasteiger partial charge on any atom is -0.450 e. The number of alkyl carbamates (subject to hydrolysis) is 1. The zero-order valence-corrected chi connectivity index (χ0v) is 19.9. The van der Waals surface area contributed by atoms with E-state index in [4.69, 9.17) is 4.74 Å². The number of nitrogens with one attached hydrogen (secondary N) is 1. The summed E-state index contributed by atoms with van der Waals surface area (Å²) in [6.07, 6.45) is 13.6. The second-order valence-electron chi connectivity index (χ2n) is 9.44. The number of fused-ring (bicyclic) bond motifs is 2. The number of allylic oxidation sites excluding steroid dienone is 1. The van der Waals surface area contributed by atoms with E-state index in [1.165, 1.54) is 23.3 Å². The van der Waals surface area contributed by atoms with E-state index in [1.807, 2.05) is 37.5 Å². The molecule has 2 heterocycles. The molecule has 5 rings (SSSR count). The molecule has 1 aromatic carbocycles. The van der Waals surface area contributed by atoms with Crippen molar-refractivity contribution in [1.29, 1.82) is 0 Å². The van der Waals surface area contributed by atoms with Crippen LogP contribution in [0.2, 0.25) is 0 Å². The molecule has 0 spiro atoms. The molecule has 0 bridgehead atoms. The highest BCUT2D eigenvalue weighted by molar-refractivity contribution is 5.67. The van der Waals surface area contributed by atoms with Gasteiger partial charge in [-0.05, 0) is 91.5 Å². The fraction of sp³-hybridized carbons (Fsp3) is 0.345. The van der Waals surface area contributed by atoms with Gasteiger partial charge in [0.1, 0.15) is 5.82 Å². The lowest BCUT2D eigenvalue weighted by molar-refractivity contribution is 0.129. The Morgan fingerprint density at radius 2 is 2.09 bits per heavy atom. The predicted octanol–water partition coefficient (Wildman–Crippen LogP) is 6.17. The van der Waals surface area contributed by atoms with Crippen molar-refractivity contribution in [1.82, 2.24) is 15.3 Å². The smallest absolute Gasteiger partial charge is 0.407 e. The van der Waals surface area contributed by atoms with E-state index in [-0.39, 0.29) is 23.9 Å². The topological polar surface area (TPSA) is 64.1 Å². The zero-order chi connectivity index (χ0) is 24.2. The SMILES string of the molecule is CCOC(=O)N[C@@H]1CC[C@@H]2[C@H](Cc3cnccc3[C@H]2C=Cc2ccc(-c3cccc(F)c3)cn2)C1. The Bertz CT molecular complexity index is 1210. The number of nitrogens with zero attached hydrogens (tertiary/aromatic N) is 2. The van der Waals surface area contributed by atoms with Gasteiger partial charge in [0, 0.05) is 36.1 Å². The van der Waals surface area contributed by atoms with Crippen molar-refractivity contribution in [3.05, 3.63) is 89.8 Å². The van der Waals surface area contributed by atoms with Gasteiger partial charge in [0.15, 0.2) is 0 Å². The molecule has 5 nitrogen and oxygen atoms in total. The largest absolute Gasteiger partial charge is 0.450 e. The summed E-state index contributed by atoms with van der Waals surface area (Å²) >= 11 is 0. The Morgan fingerprint density at radius 1 is 1.17 bits per heavy atom. The zero-order valence-electron chi connectivity index (χ0n) is 19.9. The van der Waals surface area contributed by atoms with E-state index >= 15 is 0 Å². The summed E-state index contributed by atoms with van der Waals surface area (Å²) in [4.78, 5) is 20.9. The molecule has 2 aliphatic rings. The summed E-state index contributed by atoms with van der Waals surface area (Å²) in [6.45, 7) is 2.20. The van der Waals surface area contributed by atoms with Gasteiger partial charge >= 0.3 is 6.09 Å². The third-order valence-corrected chi connectivity index (χ3v) is 7.30. The van der Waals surface area contributed by atoms with Crippen molar-refractivity contribution in [2.24, 2.45) is 11.8 Å². The van der Waals surface area contributed by atoms with E-state index in [0.717, 1.165) is 42.5 Å². The predicted molar refractivity (Wildman–Crippen MR) is 134 cm³/mol. The molecular weight excluding hydrogens is 441 g/mol. The minimum atomic E-state index is -0.321. The Morgan fingerprint density at radius 3 is 2.89 bits per heavy atom. The van der Waals surface area contributed by atoms with Crippen LogP contribution in [-0.4, -0.2) is 28.7 Å². The van der Waals surface area contributed by atoms with Crippen molar-refractivity contribution < 1.29 is 13.9 Å². The van der Waals surface area contributed by atoms with Crippen molar-refractivity contribution in [2.75, 3.05) is 6.61 Å². The first-order valence-electron chi connectivity index (χ1n) is 12.4. The molecule has 180 valence electrons. The van der Waals surface area contributed by atoms with Gasteiger partial charge in [0.2, 0.25) is 0 Å². The van der Waals surface area contributed by atoms with E-state index < -0.39 is 0 Å². The average Bonchev–Trinajstić information content (AvgIpc) is 2.87. The number of hydrogen-bond acceptors (Lipinski definition) is 4. The highest BCUT2D eigenvalue weighted by Crippen LogP contribution is 2.47. The van der Waals surface area contributed by atoms with Crippen LogP contribution in [0.25, 0.3) is 17.2 Å². The van der Waals surface area contributed by atoms with Gasteiger partial charge in [-0.25, -0.2) is 9.18 Å². The van der Waals surface area contributed by atoms with Crippen LogP contribution in [0.5, 0.6) is 0 Å². The molecule has 0 unspecified atom stereocenters. The molecule has 0 radical (unpaired) electrons. The average molecular weight is 472 g/mol. The third kappa shape index (κ3) is 5.26. The first-order chi connectivity index (χ1) is 17.1. The maximum atomic E-state index is 13.6. The second-order valence-corrected chi connectivity index (χ2v) is 9.44. The maximum Gasteiger partial charge on any atom is 0.407 e. The van der Waals surface area contributed by atoms with Gasteiger partial charge in [-0.2, -0.15) is 0 Å². The molecular formula is C29H30FN3O2. The molecule has 1 amide bonds. The van der Waals surface area contributed by atoms with Gasteiger partial charge < -0.3 is 10.1 Å². The molecule has 4 atom stereocenters. The third-order valence-electron chi connectivity index (χ3n) is 7.30. The number of carbonyl (C=O) groups excluding carboxylic acids is 1. The second kappa shape index (κ2) is 10.4. The number of aromatic nitrogens is 2. The quantitative estimate of drug-likeness (QED) is 0.484. The van der Waals surface area contributed by atoms with Gasteiger partial charge in [0.25, 0.3) is 0 Å². The molecule has 2 aliphatic carbocycles. The van der Waals surface area contributed by atoms with Crippen LogP contribution in [0.1, 0.15) is 48.9 Å². The van der Waals surface area contributed by atoms with Crippen molar-refractivity contribution in [2.45, 2.75) is 44.6 Å². The van der Waals surface area contributed by atoms with Crippen molar-refractivity contribution in [3.8, 4) is 11.1 Å². The van der Waals surface area contributed by atoms with Crippen LogP contribution in [0.3, 0.4) is 0 Å². The Labute approximate surface area is 205 Å². The fourth-order valence-corrected chi connectivity index (χ4v) is 5.70. The minimum absolute atomic E-state index is 0.148. The maximum absolute atomic E-state index is 13.6. The molecule has 0 aliphatic heterocycles. The van der Waals surface area contributed by atoms with Crippen LogP contribution in [0.4, 0.5) is 9.18 Å². The summed E-state index contributed by atoms with van der Waals surface area (Å²) in [5.41, 5.74) is 5.21. The number of halogens is 1. The van der Waals surface area contributed by atoms with E-state index in [1.54, 1.807) is 12.3 Å². The molecule has 1 saturated carbocycles. The summed E-state index contributed by atoms with van der Waals surface area (Å²) < 4.78 is 18.7. The lowest BCUT2D eigenvalue weighted by Gasteiger charge is -2.44. The number of carbonyl (C=O) groups is 1. The van der Waals surface area contributed by atoms with Crippen LogP contribution in [0, 0.1) is 17.7 Å². The van der Waals surface area contributed by atoms with Gasteiger partial charge in [-0.3, -0.25) is 9.97 Å². The first kappa shape index (κ1) is 23.2. The molecule has 2 aromatic heterocycles. The van der Waals surface area contributed by atoms with Gasteiger partial charge in [-0.1, -0.05) is 24.3 Å². The monoisotopic (exact) mass is 471 g/mol. The van der Waals surface area contributed by atoms with Crippen LogP contribution >= 0.6 is 0 Å². The van der Waals surface area contributed by atoms with E-state index in [2.05, 4.69) is 33.5 Å². The summed E-state index contributed by atoms with van der Waals surface area (Å²) in [5.74, 6) is 1.01. The highest BCUT2D eigenvalue weighted by Gasteiger charge is 2.40. The first-order valence-corrected chi connectivity index (χ1v) is 12.4. The number of hydrogen-bond donors (Lipinski definition) is 1. The Kier molecular flexibility index (Phi) is 6.89. The standard InChI is InChI=1S/C29H30FN3O2/c1-2-35-29(34)33-25-9-10-26-21(16-25)14-22-17-31-13-12-27(22)28(26)11-8-24-7-6-20(18-32-24)19-4-3-5-23(30)15-19/h3-8,11-13,15,17-18,21,25-26,28H,2,9-10,14,16H2,1H3,(H,33,34)/t21-,25-,26-,28+/m1/s1. The molecule has 0 saturated heterocycles. The summed E-state index contributed by atoms with van der Waals surface area (Å²) in [7, 11) is 0. The van der Waals surface area contributed by atoms with Gasteiger partial charge in [-0.15, -0.1) is 0 Å². The number of ether oxygens (including phenoxy) is 1. The number of amides is 1. The van der Waals surface area contributed by atoms with Crippen LogP contribution in [-0.2, 0) is 11.2 Å². The lowest BCUT2D eigenvalue weighted by Crippen LogP contribution is -2.44. The fourth-order valence-electron chi connectivity index (χ4n) is 5.70. The normalized spacial score (nSPS) is 23.4. The summed E-state index contributed by atoms with van der Waals surface area (Å²) in [6, 6.07) is 12.8. The number of benzene rings is 1. The molecule has 1 fully saturated rings.